The molecule has 1 saturated heterocycles. The monoisotopic (exact) mass is 419 g/mol. The predicted molar refractivity (Wildman–Crippen MR) is 116 cm³/mol. The predicted octanol–water partition coefficient (Wildman–Crippen LogP) is 4.97. The topological polar surface area (TPSA) is 66.8 Å². The summed E-state index contributed by atoms with van der Waals surface area (Å²) in [6, 6.07) is 21.6. The van der Waals surface area contributed by atoms with Crippen molar-refractivity contribution in [2.24, 2.45) is 0 Å². The number of ether oxygens (including phenoxy) is 1. The smallest absolute Gasteiger partial charge is 0.300 e. The quantitative estimate of drug-likeness (QED) is 0.368. The molecule has 1 N–H and O–H groups in total. The molecule has 0 bridgehead atoms. The lowest BCUT2D eigenvalue weighted by atomic mass is 9.95. The normalized spacial score (nSPS) is 17.9. The van der Waals surface area contributed by atoms with Crippen molar-refractivity contribution < 1.29 is 19.4 Å². The van der Waals surface area contributed by atoms with E-state index < -0.39 is 17.7 Å². The van der Waals surface area contributed by atoms with Crippen LogP contribution in [0, 0.1) is 0 Å². The Morgan fingerprint density at radius 2 is 1.70 bits per heavy atom. The Balaban J connectivity index is 1.97. The summed E-state index contributed by atoms with van der Waals surface area (Å²) < 4.78 is 5.32. The minimum atomic E-state index is -0.834. The molecule has 30 heavy (non-hydrogen) atoms. The highest BCUT2D eigenvalue weighted by atomic mass is 35.5. The van der Waals surface area contributed by atoms with Crippen LogP contribution in [0.2, 0.25) is 5.02 Å². The van der Waals surface area contributed by atoms with Crippen LogP contribution in [0.5, 0.6) is 5.75 Å². The highest BCUT2D eigenvalue weighted by Crippen LogP contribution is 2.43. The molecule has 0 spiro atoms. The molecule has 6 heteroatoms. The number of hydrogen-bond acceptors (Lipinski definition) is 4. The average molecular weight is 420 g/mol. The number of anilines is 1. The third-order valence-corrected chi connectivity index (χ3v) is 5.22. The van der Waals surface area contributed by atoms with Gasteiger partial charge in [-0.25, -0.2) is 0 Å². The average Bonchev–Trinajstić information content (AvgIpc) is 3.04. The maximum Gasteiger partial charge on any atom is 0.300 e. The van der Waals surface area contributed by atoms with Gasteiger partial charge >= 0.3 is 0 Å². The Morgan fingerprint density at radius 1 is 0.967 bits per heavy atom. The van der Waals surface area contributed by atoms with Gasteiger partial charge in [-0.2, -0.15) is 0 Å². The lowest BCUT2D eigenvalue weighted by Crippen LogP contribution is -2.29. The zero-order chi connectivity index (χ0) is 21.3. The molecule has 4 rings (SSSR count). The molecule has 1 aliphatic heterocycles. The van der Waals surface area contributed by atoms with Crippen LogP contribution in [0.4, 0.5) is 5.69 Å². The number of hydrogen-bond donors (Lipinski definition) is 1. The van der Waals surface area contributed by atoms with Gasteiger partial charge < -0.3 is 9.84 Å². The Bertz CT molecular complexity index is 1160. The van der Waals surface area contributed by atoms with E-state index in [2.05, 4.69) is 0 Å². The highest BCUT2D eigenvalue weighted by Gasteiger charge is 2.47. The summed E-state index contributed by atoms with van der Waals surface area (Å²) in [6.45, 7) is 0. The molecular formula is C24H18ClNO4. The molecule has 1 amide bonds. The number of carbonyl (C=O) groups excluding carboxylic acids is 2. The molecule has 1 unspecified atom stereocenters. The highest BCUT2D eigenvalue weighted by molar-refractivity contribution is 6.51. The van der Waals surface area contributed by atoms with Crippen LogP contribution in [0.1, 0.15) is 17.2 Å². The van der Waals surface area contributed by atoms with E-state index in [4.69, 9.17) is 16.3 Å². The lowest BCUT2D eigenvalue weighted by Gasteiger charge is -2.25. The minimum absolute atomic E-state index is 0.0134. The van der Waals surface area contributed by atoms with Gasteiger partial charge in [0.25, 0.3) is 11.7 Å². The molecule has 1 fully saturated rings. The molecule has 5 nitrogen and oxygen atoms in total. The molecule has 1 heterocycles. The number of methoxy groups -OCH3 is 1. The van der Waals surface area contributed by atoms with Gasteiger partial charge in [0.1, 0.15) is 11.5 Å². The fourth-order valence-corrected chi connectivity index (χ4v) is 3.79. The molecule has 1 atom stereocenters. The second-order valence-electron chi connectivity index (χ2n) is 6.79. The lowest BCUT2D eigenvalue weighted by molar-refractivity contribution is -0.132. The Hall–Kier alpha value is -3.57. The first kappa shape index (κ1) is 19.7. The molecular weight excluding hydrogens is 402 g/mol. The number of Topliss-reactive ketones (excluding diaryl/α,β-unsaturated/α-hetero) is 1. The van der Waals surface area contributed by atoms with E-state index in [0.29, 0.717) is 27.6 Å². The second-order valence-corrected chi connectivity index (χ2v) is 7.23. The number of nitrogens with zero attached hydrogens (tertiary/aromatic N) is 1. The molecule has 3 aromatic rings. The standard InChI is InChI=1S/C24H18ClNO4/c1-30-19-12-5-9-16(13-19)21-20(22(27)15-7-3-2-4-8-15)23(28)24(29)26(21)18-11-6-10-17(25)14-18/h2-14,21,27H,1H3/b22-20-. The van der Waals surface area contributed by atoms with E-state index in [1.165, 1.54) is 12.0 Å². The van der Waals surface area contributed by atoms with Crippen molar-refractivity contribution in [3.63, 3.8) is 0 Å². The number of ketones is 1. The van der Waals surface area contributed by atoms with Crippen molar-refractivity contribution in [2.45, 2.75) is 6.04 Å². The third-order valence-electron chi connectivity index (χ3n) is 4.99. The number of amides is 1. The molecule has 0 aromatic heterocycles. The first-order valence-corrected chi connectivity index (χ1v) is 9.65. The summed E-state index contributed by atoms with van der Waals surface area (Å²) in [6.07, 6.45) is 0. The van der Waals surface area contributed by atoms with Gasteiger partial charge in [0.2, 0.25) is 0 Å². The van der Waals surface area contributed by atoms with Crippen molar-refractivity contribution in [1.29, 1.82) is 0 Å². The second kappa shape index (κ2) is 8.05. The van der Waals surface area contributed by atoms with Crippen LogP contribution < -0.4 is 9.64 Å². The van der Waals surface area contributed by atoms with Gasteiger partial charge in [0, 0.05) is 16.3 Å². The van der Waals surface area contributed by atoms with E-state index in [9.17, 15) is 14.7 Å². The van der Waals surface area contributed by atoms with E-state index >= 15 is 0 Å². The Kier molecular flexibility index (Phi) is 5.29. The molecule has 3 aromatic carbocycles. The van der Waals surface area contributed by atoms with Crippen LogP contribution >= 0.6 is 11.6 Å². The number of aliphatic hydroxyl groups is 1. The van der Waals surface area contributed by atoms with E-state index in [0.717, 1.165) is 0 Å². The first-order valence-electron chi connectivity index (χ1n) is 9.27. The largest absolute Gasteiger partial charge is 0.507 e. The van der Waals surface area contributed by atoms with Gasteiger partial charge in [0.05, 0.1) is 18.7 Å². The number of halogens is 1. The third kappa shape index (κ3) is 3.44. The van der Waals surface area contributed by atoms with E-state index in [-0.39, 0.29) is 11.3 Å². The summed E-state index contributed by atoms with van der Waals surface area (Å²) >= 11 is 6.14. The first-order chi connectivity index (χ1) is 14.5. The molecule has 0 saturated carbocycles. The van der Waals surface area contributed by atoms with Crippen molar-refractivity contribution in [1.82, 2.24) is 0 Å². The van der Waals surface area contributed by atoms with Gasteiger partial charge in [0.15, 0.2) is 0 Å². The zero-order valence-electron chi connectivity index (χ0n) is 16.1. The summed E-state index contributed by atoms with van der Waals surface area (Å²) in [5.41, 5.74) is 1.56. The molecule has 150 valence electrons. The van der Waals surface area contributed by atoms with Gasteiger partial charge in [-0.15, -0.1) is 0 Å². The van der Waals surface area contributed by atoms with Crippen LogP contribution in [-0.4, -0.2) is 23.9 Å². The summed E-state index contributed by atoms with van der Waals surface area (Å²) in [4.78, 5) is 27.5. The fraction of sp³-hybridized carbons (Fsp3) is 0.0833. The van der Waals surface area contributed by atoms with Gasteiger partial charge in [-0.1, -0.05) is 60.1 Å². The summed E-state index contributed by atoms with van der Waals surface area (Å²) in [5, 5.41) is 11.4. The Labute approximate surface area is 178 Å². The van der Waals surface area contributed by atoms with Crippen LogP contribution in [0.3, 0.4) is 0 Å². The van der Waals surface area contributed by atoms with Crippen LogP contribution in [0.25, 0.3) is 5.76 Å². The molecule has 0 aliphatic carbocycles. The van der Waals surface area contributed by atoms with Crippen molar-refractivity contribution in [3.8, 4) is 5.75 Å². The van der Waals surface area contributed by atoms with Crippen molar-refractivity contribution >= 4 is 34.7 Å². The van der Waals surface area contributed by atoms with Crippen LogP contribution in [0.15, 0.2) is 84.4 Å². The number of rotatable bonds is 4. The molecule has 0 radical (unpaired) electrons. The SMILES string of the molecule is COc1cccc(C2/C(=C(/O)c3ccccc3)C(=O)C(=O)N2c2cccc(Cl)c2)c1. The fourth-order valence-electron chi connectivity index (χ4n) is 3.60. The maximum absolute atomic E-state index is 13.1. The zero-order valence-corrected chi connectivity index (χ0v) is 16.8. The van der Waals surface area contributed by atoms with Gasteiger partial charge in [-0.05, 0) is 35.9 Å². The van der Waals surface area contributed by atoms with Crippen molar-refractivity contribution in [3.05, 3.63) is 101 Å². The van der Waals surface area contributed by atoms with E-state index in [1.54, 1.807) is 78.9 Å². The Morgan fingerprint density at radius 3 is 2.40 bits per heavy atom. The number of aliphatic hydroxyl groups excluding tert-OH is 1. The van der Waals surface area contributed by atoms with Crippen molar-refractivity contribution in [2.75, 3.05) is 12.0 Å². The van der Waals surface area contributed by atoms with E-state index in [1.807, 2.05) is 0 Å². The number of carbonyl (C=O) groups is 2. The minimum Gasteiger partial charge on any atom is -0.507 e. The number of benzene rings is 3. The molecule has 1 aliphatic rings. The summed E-state index contributed by atoms with van der Waals surface area (Å²) in [7, 11) is 1.54. The van der Waals surface area contributed by atoms with Crippen LogP contribution in [-0.2, 0) is 9.59 Å². The van der Waals surface area contributed by atoms with Gasteiger partial charge in [-0.3, -0.25) is 14.5 Å². The maximum atomic E-state index is 13.1. The summed E-state index contributed by atoms with van der Waals surface area (Å²) in [5.74, 6) is -1.15.